The quantitative estimate of drug-likeness (QED) is 0.762. The van der Waals surface area contributed by atoms with Crippen molar-refractivity contribution in [1.82, 2.24) is 20.1 Å². The first kappa shape index (κ1) is 16.7. The van der Waals surface area contributed by atoms with E-state index in [-0.39, 0.29) is 25.1 Å². The Morgan fingerprint density at radius 2 is 2.00 bits per heavy atom. The monoisotopic (exact) mass is 350 g/mol. The van der Waals surface area contributed by atoms with Crippen LogP contribution >= 0.6 is 0 Å². The highest BCUT2D eigenvalue weighted by atomic mass is 19.1. The molecule has 0 spiro atoms. The van der Waals surface area contributed by atoms with Gasteiger partial charge in [0.05, 0.1) is 18.7 Å². The van der Waals surface area contributed by atoms with Gasteiger partial charge in [-0.15, -0.1) is 10.2 Å². The van der Waals surface area contributed by atoms with E-state index >= 15 is 0 Å². The van der Waals surface area contributed by atoms with Gasteiger partial charge in [0, 0.05) is 12.8 Å². The van der Waals surface area contributed by atoms with Gasteiger partial charge in [0.15, 0.2) is 5.69 Å². The van der Waals surface area contributed by atoms with Crippen LogP contribution in [-0.4, -0.2) is 37.8 Å². The predicted octanol–water partition coefficient (Wildman–Crippen LogP) is 1.39. The SMILES string of the molecule is O=C(ON1C(=O)CCC1=O)c1cn(CC2C=C(F)C=CC=C2F)nn1. The molecule has 0 aromatic carbocycles. The van der Waals surface area contributed by atoms with E-state index in [9.17, 15) is 23.2 Å². The maximum absolute atomic E-state index is 13.9. The Morgan fingerprint density at radius 3 is 2.72 bits per heavy atom. The van der Waals surface area contributed by atoms with Gasteiger partial charge in [0.2, 0.25) is 0 Å². The average molecular weight is 350 g/mol. The highest BCUT2D eigenvalue weighted by molar-refractivity contribution is 6.02. The minimum atomic E-state index is -1.05. The van der Waals surface area contributed by atoms with Gasteiger partial charge in [-0.1, -0.05) is 11.3 Å². The second-order valence-corrected chi connectivity index (χ2v) is 5.36. The zero-order valence-corrected chi connectivity index (χ0v) is 12.8. The zero-order valence-electron chi connectivity index (χ0n) is 12.8. The van der Waals surface area contributed by atoms with E-state index in [1.807, 2.05) is 0 Å². The number of rotatable bonds is 4. The number of hydroxylamine groups is 2. The summed E-state index contributed by atoms with van der Waals surface area (Å²) in [6, 6.07) is 0. The normalized spacial score (nSPS) is 20.4. The molecule has 3 rings (SSSR count). The molecule has 2 aliphatic rings. The first-order valence-electron chi connectivity index (χ1n) is 7.33. The molecule has 0 N–H and O–H groups in total. The molecule has 1 atom stereocenters. The number of hydrogen-bond acceptors (Lipinski definition) is 6. The van der Waals surface area contributed by atoms with E-state index in [0.29, 0.717) is 5.06 Å². The molecule has 0 saturated carbocycles. The number of hydrogen-bond donors (Lipinski definition) is 0. The van der Waals surface area contributed by atoms with Crippen LogP contribution in [0.2, 0.25) is 0 Å². The Labute approximate surface area is 140 Å². The van der Waals surface area contributed by atoms with Crippen LogP contribution in [0.5, 0.6) is 0 Å². The first-order chi connectivity index (χ1) is 11.9. The molecule has 0 radical (unpaired) electrons. The van der Waals surface area contributed by atoms with Gasteiger partial charge in [-0.3, -0.25) is 14.3 Å². The van der Waals surface area contributed by atoms with Gasteiger partial charge >= 0.3 is 5.97 Å². The van der Waals surface area contributed by atoms with Crippen molar-refractivity contribution in [2.45, 2.75) is 19.4 Å². The van der Waals surface area contributed by atoms with Gasteiger partial charge in [-0.05, 0) is 18.2 Å². The fourth-order valence-corrected chi connectivity index (χ4v) is 2.29. The summed E-state index contributed by atoms with van der Waals surface area (Å²) in [4.78, 5) is 39.4. The molecule has 1 aromatic heterocycles. The first-order valence-corrected chi connectivity index (χ1v) is 7.33. The third-order valence-corrected chi connectivity index (χ3v) is 3.54. The van der Waals surface area contributed by atoms with Crippen LogP contribution in [0.15, 0.2) is 42.2 Å². The zero-order chi connectivity index (χ0) is 18.0. The Kier molecular flexibility index (Phi) is 4.50. The molecule has 0 bridgehead atoms. The highest BCUT2D eigenvalue weighted by Gasteiger charge is 2.33. The van der Waals surface area contributed by atoms with E-state index in [4.69, 9.17) is 4.84 Å². The molecule has 130 valence electrons. The summed E-state index contributed by atoms with van der Waals surface area (Å²) < 4.78 is 28.4. The smallest absolute Gasteiger partial charge is 0.323 e. The third-order valence-electron chi connectivity index (χ3n) is 3.54. The largest absolute Gasteiger partial charge is 0.385 e. The lowest BCUT2D eigenvalue weighted by Crippen LogP contribution is -2.32. The van der Waals surface area contributed by atoms with Crippen molar-refractivity contribution < 1.29 is 28.0 Å². The minimum Gasteiger partial charge on any atom is -0.323 e. The number of allylic oxidation sites excluding steroid dienone is 6. The van der Waals surface area contributed by atoms with Crippen LogP contribution in [0.4, 0.5) is 8.78 Å². The van der Waals surface area contributed by atoms with Gasteiger partial charge < -0.3 is 4.84 Å². The van der Waals surface area contributed by atoms with Crippen molar-refractivity contribution in [3.8, 4) is 0 Å². The van der Waals surface area contributed by atoms with Crippen molar-refractivity contribution in [3.05, 3.63) is 47.8 Å². The molecule has 1 saturated heterocycles. The molecule has 1 aromatic rings. The third kappa shape index (κ3) is 3.67. The lowest BCUT2D eigenvalue weighted by Gasteiger charge is -2.11. The summed E-state index contributed by atoms with van der Waals surface area (Å²) in [5.74, 6) is -4.37. The van der Waals surface area contributed by atoms with E-state index < -0.39 is 35.4 Å². The second-order valence-electron chi connectivity index (χ2n) is 5.36. The Hall–Kier alpha value is -3.17. The second kappa shape index (κ2) is 6.75. The van der Waals surface area contributed by atoms with Crippen LogP contribution in [0, 0.1) is 5.92 Å². The predicted molar refractivity (Wildman–Crippen MR) is 77.5 cm³/mol. The van der Waals surface area contributed by atoms with Gasteiger partial charge in [0.25, 0.3) is 11.8 Å². The van der Waals surface area contributed by atoms with Crippen LogP contribution < -0.4 is 0 Å². The number of amides is 2. The van der Waals surface area contributed by atoms with E-state index in [0.717, 1.165) is 29.1 Å². The summed E-state index contributed by atoms with van der Waals surface area (Å²) in [6.45, 7) is -0.0979. The molecule has 10 heteroatoms. The van der Waals surface area contributed by atoms with Crippen molar-refractivity contribution in [2.24, 2.45) is 5.92 Å². The van der Waals surface area contributed by atoms with Crippen LogP contribution in [0.3, 0.4) is 0 Å². The number of halogens is 2. The molecule has 1 aliphatic carbocycles. The average Bonchev–Trinajstić information content (AvgIpc) is 3.11. The van der Waals surface area contributed by atoms with Crippen molar-refractivity contribution in [3.63, 3.8) is 0 Å². The van der Waals surface area contributed by atoms with Crippen LogP contribution in [-0.2, 0) is 21.0 Å². The summed E-state index contributed by atoms with van der Waals surface area (Å²) in [6.07, 6.45) is 5.67. The molecule has 1 aliphatic heterocycles. The van der Waals surface area contributed by atoms with Gasteiger partial charge in [-0.2, -0.15) is 0 Å². The Morgan fingerprint density at radius 1 is 1.28 bits per heavy atom. The van der Waals surface area contributed by atoms with E-state index in [1.165, 1.54) is 6.08 Å². The highest BCUT2D eigenvalue weighted by Crippen LogP contribution is 2.22. The van der Waals surface area contributed by atoms with E-state index in [2.05, 4.69) is 10.3 Å². The topological polar surface area (TPSA) is 94.4 Å². The molecule has 2 amide bonds. The lowest BCUT2D eigenvalue weighted by atomic mass is 10.1. The number of nitrogens with zero attached hydrogens (tertiary/aromatic N) is 4. The lowest BCUT2D eigenvalue weighted by molar-refractivity contribution is -0.172. The van der Waals surface area contributed by atoms with Crippen LogP contribution in [0.1, 0.15) is 23.3 Å². The molecule has 8 nitrogen and oxygen atoms in total. The molecular formula is C15H12F2N4O4. The molecule has 2 heterocycles. The standard InChI is InChI=1S/C15H12F2N4O4/c16-10-2-1-3-11(17)9(6-10)7-20-8-12(18-19-20)15(24)25-21-13(22)4-5-14(21)23/h1-3,6,8-9H,4-5,7H2. The number of carbonyl (C=O) groups is 3. The minimum absolute atomic E-state index is 0.0297. The molecule has 1 unspecified atom stereocenters. The van der Waals surface area contributed by atoms with Gasteiger partial charge in [-0.25, -0.2) is 13.6 Å². The summed E-state index contributed by atoms with van der Waals surface area (Å²) in [5.41, 5.74) is -0.270. The number of aromatic nitrogens is 3. The van der Waals surface area contributed by atoms with E-state index in [1.54, 1.807) is 0 Å². The fourth-order valence-electron chi connectivity index (χ4n) is 2.29. The fraction of sp³-hybridized carbons (Fsp3) is 0.267. The molecule has 25 heavy (non-hydrogen) atoms. The summed E-state index contributed by atoms with van der Waals surface area (Å²) >= 11 is 0. The van der Waals surface area contributed by atoms with Crippen molar-refractivity contribution in [2.75, 3.05) is 0 Å². The maximum atomic E-state index is 13.9. The van der Waals surface area contributed by atoms with Crippen molar-refractivity contribution in [1.29, 1.82) is 0 Å². The number of imide groups is 1. The van der Waals surface area contributed by atoms with Crippen LogP contribution in [0.25, 0.3) is 0 Å². The summed E-state index contributed by atoms with van der Waals surface area (Å²) in [5, 5.41) is 7.59. The molecule has 1 fully saturated rings. The Bertz CT molecular complexity index is 811. The maximum Gasteiger partial charge on any atom is 0.385 e. The molecular weight excluding hydrogens is 338 g/mol. The van der Waals surface area contributed by atoms with Crippen molar-refractivity contribution >= 4 is 17.8 Å². The van der Waals surface area contributed by atoms with Gasteiger partial charge in [0.1, 0.15) is 11.7 Å². The summed E-state index contributed by atoms with van der Waals surface area (Å²) in [7, 11) is 0. The number of carbonyl (C=O) groups excluding carboxylic acids is 3. The Balaban J connectivity index is 1.68.